The van der Waals surface area contributed by atoms with E-state index in [4.69, 9.17) is 0 Å². The Morgan fingerprint density at radius 3 is 2.67 bits per heavy atom. The first-order chi connectivity index (χ1) is 7.29. The maximum Gasteiger partial charge on any atom is 0.225 e. The number of nitrogens with one attached hydrogen (secondary N) is 1. The van der Waals surface area contributed by atoms with Gasteiger partial charge in [-0.2, -0.15) is 11.8 Å². The maximum atomic E-state index is 12.2. The lowest BCUT2D eigenvalue weighted by Gasteiger charge is -2.30. The van der Waals surface area contributed by atoms with Crippen molar-refractivity contribution in [3.8, 4) is 0 Å². The monoisotopic (exact) mass is 228 g/mol. The van der Waals surface area contributed by atoms with Crippen LogP contribution in [0.1, 0.15) is 19.3 Å². The molecule has 1 N–H and O–H groups in total. The van der Waals surface area contributed by atoms with Crippen molar-refractivity contribution in [1.29, 1.82) is 0 Å². The van der Waals surface area contributed by atoms with Crippen LogP contribution in [0.3, 0.4) is 0 Å². The van der Waals surface area contributed by atoms with Gasteiger partial charge in [-0.25, -0.2) is 0 Å². The lowest BCUT2D eigenvalue weighted by atomic mass is 10.0. The second kappa shape index (κ2) is 5.21. The van der Waals surface area contributed by atoms with Gasteiger partial charge < -0.3 is 10.2 Å². The van der Waals surface area contributed by atoms with Gasteiger partial charge in [-0.3, -0.25) is 4.79 Å². The zero-order valence-corrected chi connectivity index (χ0v) is 10.2. The van der Waals surface area contributed by atoms with Crippen LogP contribution in [0.15, 0.2) is 0 Å². The molecule has 86 valence electrons. The molecule has 2 fully saturated rings. The first kappa shape index (κ1) is 11.3. The highest BCUT2D eigenvalue weighted by molar-refractivity contribution is 7.99. The van der Waals surface area contributed by atoms with E-state index in [1.165, 1.54) is 0 Å². The zero-order chi connectivity index (χ0) is 10.7. The van der Waals surface area contributed by atoms with Gasteiger partial charge >= 0.3 is 0 Å². The van der Waals surface area contributed by atoms with Gasteiger partial charge in [0.15, 0.2) is 0 Å². The van der Waals surface area contributed by atoms with Crippen LogP contribution in [0.2, 0.25) is 0 Å². The molecule has 0 aromatic rings. The van der Waals surface area contributed by atoms with Gasteiger partial charge in [-0.15, -0.1) is 0 Å². The average molecular weight is 228 g/mol. The fourth-order valence-corrected chi connectivity index (χ4v) is 3.49. The summed E-state index contributed by atoms with van der Waals surface area (Å²) in [5.41, 5.74) is 0. The van der Waals surface area contributed by atoms with Crippen LogP contribution < -0.4 is 5.32 Å². The van der Waals surface area contributed by atoms with Crippen molar-refractivity contribution in [2.45, 2.75) is 25.3 Å². The van der Waals surface area contributed by atoms with E-state index >= 15 is 0 Å². The van der Waals surface area contributed by atoms with E-state index in [2.05, 4.69) is 5.32 Å². The van der Waals surface area contributed by atoms with Gasteiger partial charge in [-0.05, 0) is 37.3 Å². The number of likely N-dealkylation sites (N-methyl/N-ethyl adjacent to an activating group) is 1. The number of amides is 1. The Bertz CT molecular complexity index is 223. The Balaban J connectivity index is 1.87. The number of carbonyl (C=O) groups is 1. The van der Waals surface area contributed by atoms with Crippen LogP contribution in [-0.4, -0.2) is 48.5 Å². The van der Waals surface area contributed by atoms with Crippen LogP contribution in [0.4, 0.5) is 0 Å². The molecule has 0 saturated carbocycles. The molecule has 2 saturated heterocycles. The minimum atomic E-state index is 0.303. The Labute approximate surface area is 96.0 Å². The molecular weight excluding hydrogens is 208 g/mol. The summed E-state index contributed by atoms with van der Waals surface area (Å²) in [6.07, 6.45) is 3.27. The Hall–Kier alpha value is -0.220. The minimum Gasteiger partial charge on any atom is -0.341 e. The van der Waals surface area contributed by atoms with Gasteiger partial charge in [0.1, 0.15) is 0 Å². The van der Waals surface area contributed by atoms with E-state index < -0.39 is 0 Å². The molecule has 0 bridgehead atoms. The van der Waals surface area contributed by atoms with Crippen LogP contribution in [0.5, 0.6) is 0 Å². The lowest BCUT2D eigenvalue weighted by Crippen LogP contribution is -2.42. The molecule has 2 heterocycles. The molecule has 0 radical (unpaired) electrons. The van der Waals surface area contributed by atoms with Gasteiger partial charge in [0.2, 0.25) is 5.91 Å². The molecule has 2 rings (SSSR count). The Kier molecular flexibility index (Phi) is 3.92. The van der Waals surface area contributed by atoms with E-state index in [1.54, 1.807) is 0 Å². The first-order valence-corrected chi connectivity index (χ1v) is 6.99. The smallest absolute Gasteiger partial charge is 0.225 e. The number of thioether (sulfide) groups is 1. The van der Waals surface area contributed by atoms with Crippen LogP contribution in [0.25, 0.3) is 0 Å². The molecular formula is C11H20N2OS. The summed E-state index contributed by atoms with van der Waals surface area (Å²) in [5.74, 6) is 3.00. The second-order valence-corrected chi connectivity index (χ2v) is 5.71. The van der Waals surface area contributed by atoms with Crippen molar-refractivity contribution in [1.82, 2.24) is 10.2 Å². The topological polar surface area (TPSA) is 32.3 Å². The third-order valence-corrected chi connectivity index (χ3v) is 4.55. The Morgan fingerprint density at radius 2 is 2.07 bits per heavy atom. The summed E-state index contributed by atoms with van der Waals surface area (Å²) in [6, 6.07) is 0.437. The molecule has 1 unspecified atom stereocenters. The summed E-state index contributed by atoms with van der Waals surface area (Å²) in [5, 5.41) is 3.31. The molecule has 0 aromatic heterocycles. The zero-order valence-electron chi connectivity index (χ0n) is 9.37. The molecule has 0 aromatic carbocycles. The number of rotatable bonds is 2. The van der Waals surface area contributed by atoms with Crippen molar-refractivity contribution >= 4 is 17.7 Å². The molecule has 0 spiro atoms. The summed E-state index contributed by atoms with van der Waals surface area (Å²) < 4.78 is 0. The van der Waals surface area contributed by atoms with E-state index in [-0.39, 0.29) is 0 Å². The predicted molar refractivity (Wildman–Crippen MR) is 64.1 cm³/mol. The molecule has 2 aliphatic heterocycles. The van der Waals surface area contributed by atoms with Crippen molar-refractivity contribution in [3.05, 3.63) is 0 Å². The summed E-state index contributed by atoms with van der Waals surface area (Å²) in [7, 11) is 1.97. The number of hydrogen-bond acceptors (Lipinski definition) is 3. The van der Waals surface area contributed by atoms with E-state index in [9.17, 15) is 4.79 Å². The molecule has 4 heteroatoms. The van der Waals surface area contributed by atoms with Crippen molar-refractivity contribution in [2.24, 2.45) is 5.92 Å². The van der Waals surface area contributed by atoms with Crippen LogP contribution in [0, 0.1) is 5.92 Å². The van der Waals surface area contributed by atoms with Crippen molar-refractivity contribution in [3.63, 3.8) is 0 Å². The highest BCUT2D eigenvalue weighted by Gasteiger charge is 2.29. The molecule has 1 amide bonds. The molecule has 1 atom stereocenters. The average Bonchev–Trinajstić information content (AvgIpc) is 2.82. The standard InChI is InChI=1S/C11H20N2OS/c1-13(10-2-5-12-8-10)11(14)9-3-6-15-7-4-9/h9-10,12H,2-8H2,1H3. The normalized spacial score (nSPS) is 27.9. The van der Waals surface area contributed by atoms with E-state index in [0.717, 1.165) is 43.9 Å². The van der Waals surface area contributed by atoms with Gasteiger partial charge in [-0.1, -0.05) is 0 Å². The molecule has 3 nitrogen and oxygen atoms in total. The van der Waals surface area contributed by atoms with Gasteiger partial charge in [0, 0.05) is 25.6 Å². The first-order valence-electron chi connectivity index (χ1n) is 5.84. The summed E-state index contributed by atoms with van der Waals surface area (Å²) in [4.78, 5) is 14.2. The largest absolute Gasteiger partial charge is 0.341 e. The van der Waals surface area contributed by atoms with Crippen molar-refractivity contribution < 1.29 is 4.79 Å². The number of hydrogen-bond donors (Lipinski definition) is 1. The number of nitrogens with zero attached hydrogens (tertiary/aromatic N) is 1. The lowest BCUT2D eigenvalue weighted by molar-refractivity contribution is -0.136. The SMILES string of the molecule is CN(C(=O)C1CCSCC1)C1CCNC1. The van der Waals surface area contributed by atoms with Gasteiger partial charge in [0.05, 0.1) is 0 Å². The van der Waals surface area contributed by atoms with Crippen LogP contribution >= 0.6 is 11.8 Å². The highest BCUT2D eigenvalue weighted by Crippen LogP contribution is 2.25. The summed E-state index contributed by atoms with van der Waals surface area (Å²) in [6.45, 7) is 2.03. The van der Waals surface area contributed by atoms with Crippen LogP contribution in [-0.2, 0) is 4.79 Å². The van der Waals surface area contributed by atoms with Crippen molar-refractivity contribution in [2.75, 3.05) is 31.6 Å². The second-order valence-electron chi connectivity index (χ2n) is 4.48. The third-order valence-electron chi connectivity index (χ3n) is 3.50. The fourth-order valence-electron chi connectivity index (χ4n) is 2.38. The highest BCUT2D eigenvalue weighted by atomic mass is 32.2. The number of carbonyl (C=O) groups excluding carboxylic acids is 1. The fraction of sp³-hybridized carbons (Fsp3) is 0.909. The predicted octanol–water partition coefficient (Wildman–Crippen LogP) is 0.950. The molecule has 2 aliphatic rings. The third kappa shape index (κ3) is 2.67. The Morgan fingerprint density at radius 1 is 1.33 bits per heavy atom. The minimum absolute atomic E-state index is 0.303. The van der Waals surface area contributed by atoms with E-state index in [0.29, 0.717) is 17.9 Å². The molecule has 0 aliphatic carbocycles. The summed E-state index contributed by atoms with van der Waals surface area (Å²) >= 11 is 1.98. The maximum absolute atomic E-state index is 12.2. The van der Waals surface area contributed by atoms with Gasteiger partial charge in [0.25, 0.3) is 0 Å². The molecule has 15 heavy (non-hydrogen) atoms. The van der Waals surface area contributed by atoms with E-state index in [1.807, 2.05) is 23.7 Å². The quantitative estimate of drug-likeness (QED) is 0.764.